The van der Waals surface area contributed by atoms with E-state index in [1.165, 1.54) is 19.5 Å². The second kappa shape index (κ2) is 4.62. The highest BCUT2D eigenvalue weighted by Crippen LogP contribution is 2.55. The molecule has 16 heavy (non-hydrogen) atoms. The van der Waals surface area contributed by atoms with Gasteiger partial charge in [0.25, 0.3) is 0 Å². The van der Waals surface area contributed by atoms with E-state index in [0.29, 0.717) is 0 Å². The van der Waals surface area contributed by atoms with Crippen molar-refractivity contribution in [1.29, 1.82) is 0 Å². The highest BCUT2D eigenvalue weighted by molar-refractivity contribution is 5.53. The van der Waals surface area contributed by atoms with Gasteiger partial charge >= 0.3 is 6.16 Å². The third-order valence-corrected chi connectivity index (χ3v) is 4.68. The summed E-state index contributed by atoms with van der Waals surface area (Å²) in [5.41, 5.74) is 0.779. The third kappa shape index (κ3) is 2.32. The molecule has 0 amide bonds. The Morgan fingerprint density at radius 2 is 1.81 bits per heavy atom. The average Bonchev–Trinajstić information content (AvgIpc) is 2.67. The lowest BCUT2D eigenvalue weighted by molar-refractivity contribution is 0.0172. The highest BCUT2D eigenvalue weighted by Gasteiger charge is 2.48. The van der Waals surface area contributed by atoms with Crippen LogP contribution in [0.25, 0.3) is 0 Å². The molecule has 4 fully saturated rings. The molecule has 4 rings (SSSR count). The third-order valence-electron chi connectivity index (χ3n) is 4.68. The Morgan fingerprint density at radius 3 is 2.19 bits per heavy atom. The molecular formula is C12H21NO3. The van der Waals surface area contributed by atoms with Crippen molar-refractivity contribution in [3.63, 3.8) is 0 Å². The number of hydrogen-bond acceptors (Lipinski definition) is 2. The Hall–Kier alpha value is -0.770. The molecule has 4 heteroatoms. The van der Waals surface area contributed by atoms with Gasteiger partial charge in [0.15, 0.2) is 0 Å². The fourth-order valence-corrected chi connectivity index (χ4v) is 4.01. The fourth-order valence-electron chi connectivity index (χ4n) is 4.01. The summed E-state index contributed by atoms with van der Waals surface area (Å²) in [7, 11) is 0. The van der Waals surface area contributed by atoms with E-state index in [0.717, 1.165) is 17.3 Å². The first-order chi connectivity index (χ1) is 7.62. The van der Waals surface area contributed by atoms with Gasteiger partial charge in [0.1, 0.15) is 0 Å². The molecule has 1 spiro atoms. The summed E-state index contributed by atoms with van der Waals surface area (Å²) in [6.07, 6.45) is 7.40. The number of carboxylic acid groups (broad SMARTS) is 2. The minimum absolute atomic E-state index is 0.779. The molecule has 92 valence electrons. The Balaban J connectivity index is 0.000000212. The first-order valence-corrected chi connectivity index (χ1v) is 6.25. The predicted octanol–water partition coefficient (Wildman–Crippen LogP) is 2.40. The summed E-state index contributed by atoms with van der Waals surface area (Å²) < 4.78 is 0. The van der Waals surface area contributed by atoms with Crippen molar-refractivity contribution in [2.75, 3.05) is 13.1 Å². The van der Waals surface area contributed by atoms with Crippen LogP contribution in [0.5, 0.6) is 0 Å². The molecule has 1 unspecified atom stereocenters. The summed E-state index contributed by atoms with van der Waals surface area (Å²) in [6.45, 7) is 2.64. The van der Waals surface area contributed by atoms with Crippen LogP contribution in [0.4, 0.5) is 4.79 Å². The number of hydrogen-bond donors (Lipinski definition) is 3. The maximum absolute atomic E-state index is 8.56. The second-order valence-electron chi connectivity index (χ2n) is 5.49. The first kappa shape index (κ1) is 11.7. The standard InChI is InChI=1S/C11H19N.CH2O3/c1-3-10-4-2-9(1)7-11(10)5-6-12-8-11;2-1(3)4/h9-10,12H,1-8H2;(H2,2,3,4). The van der Waals surface area contributed by atoms with Gasteiger partial charge in [-0.05, 0) is 49.5 Å². The molecule has 0 aromatic rings. The van der Waals surface area contributed by atoms with Crippen molar-refractivity contribution in [1.82, 2.24) is 5.32 Å². The molecule has 3 saturated carbocycles. The molecule has 4 aliphatic rings. The van der Waals surface area contributed by atoms with Crippen molar-refractivity contribution >= 4 is 6.16 Å². The van der Waals surface area contributed by atoms with Gasteiger partial charge in [0.05, 0.1) is 0 Å². The Labute approximate surface area is 96.0 Å². The van der Waals surface area contributed by atoms with E-state index in [2.05, 4.69) is 5.32 Å². The van der Waals surface area contributed by atoms with Crippen LogP contribution in [-0.4, -0.2) is 29.5 Å². The molecule has 4 nitrogen and oxygen atoms in total. The van der Waals surface area contributed by atoms with Crippen LogP contribution in [-0.2, 0) is 0 Å². The summed E-state index contributed by atoms with van der Waals surface area (Å²) in [5.74, 6) is 2.20. The van der Waals surface area contributed by atoms with Crippen LogP contribution in [0, 0.1) is 17.3 Å². The molecule has 1 heterocycles. The number of rotatable bonds is 0. The normalized spacial score (nSPS) is 40.5. The van der Waals surface area contributed by atoms with E-state index in [1.807, 2.05) is 0 Å². The van der Waals surface area contributed by atoms with Crippen LogP contribution < -0.4 is 5.32 Å². The van der Waals surface area contributed by atoms with Gasteiger partial charge < -0.3 is 15.5 Å². The van der Waals surface area contributed by atoms with Gasteiger partial charge in [-0.3, -0.25) is 0 Å². The van der Waals surface area contributed by atoms with E-state index in [9.17, 15) is 0 Å². The summed E-state index contributed by atoms with van der Waals surface area (Å²) in [5, 5.41) is 17.5. The Morgan fingerprint density at radius 1 is 1.19 bits per heavy atom. The number of carbonyl (C=O) groups is 1. The zero-order chi connectivity index (χ0) is 11.6. The molecule has 3 aliphatic carbocycles. The molecule has 0 radical (unpaired) electrons. The summed E-state index contributed by atoms with van der Waals surface area (Å²) in [4.78, 5) is 8.56. The zero-order valence-electron chi connectivity index (χ0n) is 9.61. The van der Waals surface area contributed by atoms with Gasteiger partial charge in [-0.25, -0.2) is 4.79 Å². The largest absolute Gasteiger partial charge is 0.503 e. The van der Waals surface area contributed by atoms with Crippen molar-refractivity contribution < 1.29 is 15.0 Å². The molecule has 3 N–H and O–H groups in total. The van der Waals surface area contributed by atoms with Crippen LogP contribution in [0.15, 0.2) is 0 Å². The van der Waals surface area contributed by atoms with Crippen LogP contribution >= 0.6 is 0 Å². The van der Waals surface area contributed by atoms with E-state index < -0.39 is 6.16 Å². The van der Waals surface area contributed by atoms with E-state index in [4.69, 9.17) is 15.0 Å². The number of fused-ring (bicyclic) bond motifs is 2. The van der Waals surface area contributed by atoms with Crippen molar-refractivity contribution in [3.8, 4) is 0 Å². The fraction of sp³-hybridized carbons (Fsp3) is 0.917. The second-order valence-corrected chi connectivity index (χ2v) is 5.49. The first-order valence-electron chi connectivity index (χ1n) is 6.25. The molecule has 1 saturated heterocycles. The van der Waals surface area contributed by atoms with Crippen molar-refractivity contribution in [2.45, 2.75) is 38.5 Å². The van der Waals surface area contributed by atoms with Crippen molar-refractivity contribution in [3.05, 3.63) is 0 Å². The van der Waals surface area contributed by atoms with Gasteiger partial charge in [-0.2, -0.15) is 0 Å². The minimum atomic E-state index is -1.83. The smallest absolute Gasteiger partial charge is 0.450 e. The van der Waals surface area contributed by atoms with Gasteiger partial charge in [0.2, 0.25) is 0 Å². The van der Waals surface area contributed by atoms with E-state index in [-0.39, 0.29) is 0 Å². The van der Waals surface area contributed by atoms with Crippen LogP contribution in [0.3, 0.4) is 0 Å². The molecule has 1 aliphatic heterocycles. The van der Waals surface area contributed by atoms with E-state index >= 15 is 0 Å². The molecule has 2 bridgehead atoms. The Bertz CT molecular complexity index is 249. The highest BCUT2D eigenvalue weighted by atomic mass is 16.6. The Kier molecular flexibility index (Phi) is 3.38. The maximum Gasteiger partial charge on any atom is 0.503 e. The van der Waals surface area contributed by atoms with Gasteiger partial charge in [-0.1, -0.05) is 12.8 Å². The van der Waals surface area contributed by atoms with Gasteiger partial charge in [0, 0.05) is 6.54 Å². The SMILES string of the molecule is C1CC2(CN1)CC1CCC2CC1.O=C(O)O. The van der Waals surface area contributed by atoms with Crippen LogP contribution in [0.2, 0.25) is 0 Å². The zero-order valence-corrected chi connectivity index (χ0v) is 9.61. The number of nitrogens with one attached hydrogen (secondary N) is 1. The summed E-state index contributed by atoms with van der Waals surface area (Å²) >= 11 is 0. The lowest BCUT2D eigenvalue weighted by atomic mass is 9.55. The van der Waals surface area contributed by atoms with E-state index in [1.54, 1.807) is 32.1 Å². The lowest BCUT2D eigenvalue weighted by Crippen LogP contribution is -2.43. The summed E-state index contributed by atoms with van der Waals surface area (Å²) in [6, 6.07) is 0. The van der Waals surface area contributed by atoms with Crippen molar-refractivity contribution in [2.24, 2.45) is 17.3 Å². The minimum Gasteiger partial charge on any atom is -0.450 e. The lowest BCUT2D eigenvalue weighted by Gasteiger charge is -2.49. The van der Waals surface area contributed by atoms with Gasteiger partial charge in [-0.15, -0.1) is 0 Å². The maximum atomic E-state index is 8.56. The van der Waals surface area contributed by atoms with Crippen LogP contribution in [0.1, 0.15) is 38.5 Å². The average molecular weight is 227 g/mol. The monoisotopic (exact) mass is 227 g/mol. The topological polar surface area (TPSA) is 69.6 Å². The molecule has 0 aromatic heterocycles. The molecular weight excluding hydrogens is 206 g/mol. The molecule has 1 atom stereocenters. The molecule has 0 aromatic carbocycles. The quantitative estimate of drug-likeness (QED) is 0.594. The predicted molar refractivity (Wildman–Crippen MR) is 60.6 cm³/mol.